The molecule has 0 aromatic carbocycles. The van der Waals surface area contributed by atoms with Gasteiger partial charge >= 0.3 is 0 Å². The van der Waals surface area contributed by atoms with Crippen molar-refractivity contribution >= 4 is 0 Å². The van der Waals surface area contributed by atoms with E-state index in [0.717, 1.165) is 11.8 Å². The van der Waals surface area contributed by atoms with Crippen LogP contribution >= 0.6 is 0 Å². The van der Waals surface area contributed by atoms with Gasteiger partial charge in [0.1, 0.15) is 0 Å². The summed E-state index contributed by atoms with van der Waals surface area (Å²) >= 11 is 0. The summed E-state index contributed by atoms with van der Waals surface area (Å²) < 4.78 is 0. The van der Waals surface area contributed by atoms with Gasteiger partial charge in [-0.3, -0.25) is 0 Å². The van der Waals surface area contributed by atoms with Gasteiger partial charge in [0, 0.05) is 0 Å². The lowest BCUT2D eigenvalue weighted by atomic mass is 9.90. The van der Waals surface area contributed by atoms with Gasteiger partial charge in [0.15, 0.2) is 0 Å². The van der Waals surface area contributed by atoms with E-state index in [9.17, 15) is 0 Å². The predicted molar refractivity (Wildman–Crippen MR) is 75.8 cm³/mol. The number of hydrogen-bond acceptors (Lipinski definition) is 0. The number of rotatable bonds is 11. The average molecular weight is 226 g/mol. The first kappa shape index (κ1) is 16.0. The standard InChI is InChI=1S/C16H34/c1-5-8-13-16(11-6-2)14-10-9-12-15(4)7-3/h15-16H,5-14H2,1-4H3. The molecule has 0 aromatic rings. The van der Waals surface area contributed by atoms with E-state index in [0.29, 0.717) is 0 Å². The quantitative estimate of drug-likeness (QED) is 0.368. The highest BCUT2D eigenvalue weighted by atomic mass is 14.1. The molecule has 98 valence electrons. The number of unbranched alkanes of at least 4 members (excludes halogenated alkanes) is 2. The molecular weight excluding hydrogens is 192 g/mol. The second kappa shape index (κ2) is 11.5. The zero-order chi connectivity index (χ0) is 12.2. The van der Waals surface area contributed by atoms with Crippen LogP contribution in [0.15, 0.2) is 0 Å². The van der Waals surface area contributed by atoms with Crippen LogP contribution in [0.5, 0.6) is 0 Å². The lowest BCUT2D eigenvalue weighted by molar-refractivity contribution is 0.374. The highest BCUT2D eigenvalue weighted by molar-refractivity contribution is 4.60. The van der Waals surface area contributed by atoms with Gasteiger partial charge in [0.05, 0.1) is 0 Å². The van der Waals surface area contributed by atoms with Crippen LogP contribution in [0.3, 0.4) is 0 Å². The van der Waals surface area contributed by atoms with E-state index < -0.39 is 0 Å². The molecule has 0 bridgehead atoms. The number of hydrogen-bond donors (Lipinski definition) is 0. The lowest BCUT2D eigenvalue weighted by Crippen LogP contribution is -2.01. The van der Waals surface area contributed by atoms with Gasteiger partial charge in [-0.25, -0.2) is 0 Å². The molecule has 0 amide bonds. The molecule has 0 fully saturated rings. The predicted octanol–water partition coefficient (Wildman–Crippen LogP) is 6.20. The van der Waals surface area contributed by atoms with Gasteiger partial charge in [-0.2, -0.15) is 0 Å². The Morgan fingerprint density at radius 1 is 0.688 bits per heavy atom. The molecule has 2 atom stereocenters. The molecule has 0 N–H and O–H groups in total. The van der Waals surface area contributed by atoms with Crippen LogP contribution in [0.4, 0.5) is 0 Å². The van der Waals surface area contributed by atoms with Gasteiger partial charge < -0.3 is 0 Å². The Hall–Kier alpha value is 0. The van der Waals surface area contributed by atoms with Crippen LogP contribution in [0.1, 0.15) is 91.9 Å². The summed E-state index contributed by atoms with van der Waals surface area (Å²) in [6.45, 7) is 9.34. The summed E-state index contributed by atoms with van der Waals surface area (Å²) in [7, 11) is 0. The van der Waals surface area contributed by atoms with Crippen LogP contribution in [0.2, 0.25) is 0 Å². The molecule has 0 saturated heterocycles. The molecule has 0 nitrogen and oxygen atoms in total. The van der Waals surface area contributed by atoms with E-state index in [1.807, 2.05) is 0 Å². The Kier molecular flexibility index (Phi) is 11.5. The zero-order valence-electron chi connectivity index (χ0n) is 12.2. The van der Waals surface area contributed by atoms with Gasteiger partial charge in [0.25, 0.3) is 0 Å². The summed E-state index contributed by atoms with van der Waals surface area (Å²) in [5, 5.41) is 0. The van der Waals surface area contributed by atoms with E-state index in [1.165, 1.54) is 64.2 Å². The van der Waals surface area contributed by atoms with Gasteiger partial charge in [-0.15, -0.1) is 0 Å². The van der Waals surface area contributed by atoms with Gasteiger partial charge in [-0.05, 0) is 11.8 Å². The topological polar surface area (TPSA) is 0 Å². The second-order valence-electron chi connectivity index (χ2n) is 5.59. The summed E-state index contributed by atoms with van der Waals surface area (Å²) in [4.78, 5) is 0. The van der Waals surface area contributed by atoms with Gasteiger partial charge in [0.2, 0.25) is 0 Å². The Labute approximate surface area is 104 Å². The highest BCUT2D eigenvalue weighted by Gasteiger charge is 2.07. The zero-order valence-corrected chi connectivity index (χ0v) is 12.2. The maximum absolute atomic E-state index is 2.39. The van der Waals surface area contributed by atoms with Crippen molar-refractivity contribution in [1.82, 2.24) is 0 Å². The van der Waals surface area contributed by atoms with Crippen molar-refractivity contribution in [3.8, 4) is 0 Å². The molecule has 0 aliphatic heterocycles. The van der Waals surface area contributed by atoms with Crippen LogP contribution in [-0.2, 0) is 0 Å². The van der Waals surface area contributed by atoms with Crippen molar-refractivity contribution in [1.29, 1.82) is 0 Å². The molecule has 0 radical (unpaired) electrons. The SMILES string of the molecule is CCCCC(CCC)CCCCC(C)CC. The maximum Gasteiger partial charge on any atom is -0.0414 e. The summed E-state index contributed by atoms with van der Waals surface area (Å²) in [5.41, 5.74) is 0. The normalized spacial score (nSPS) is 15.0. The van der Waals surface area contributed by atoms with Crippen molar-refractivity contribution in [2.45, 2.75) is 91.9 Å². The molecular formula is C16H34. The third-order valence-corrected chi connectivity index (χ3v) is 3.92. The first-order valence-electron chi connectivity index (χ1n) is 7.74. The molecule has 0 aromatic heterocycles. The minimum absolute atomic E-state index is 0.945. The Bertz CT molecular complexity index is 128. The van der Waals surface area contributed by atoms with Crippen molar-refractivity contribution in [2.75, 3.05) is 0 Å². The van der Waals surface area contributed by atoms with Crippen molar-refractivity contribution in [3.05, 3.63) is 0 Å². The average Bonchev–Trinajstić information content (AvgIpc) is 2.30. The molecule has 0 aliphatic rings. The van der Waals surface area contributed by atoms with E-state index in [1.54, 1.807) is 0 Å². The molecule has 0 heterocycles. The first-order valence-corrected chi connectivity index (χ1v) is 7.74. The van der Waals surface area contributed by atoms with Crippen molar-refractivity contribution < 1.29 is 0 Å². The fraction of sp³-hybridized carbons (Fsp3) is 1.00. The third-order valence-electron chi connectivity index (χ3n) is 3.92. The molecule has 2 unspecified atom stereocenters. The third kappa shape index (κ3) is 9.24. The van der Waals surface area contributed by atoms with Crippen molar-refractivity contribution in [2.24, 2.45) is 11.8 Å². The smallest absolute Gasteiger partial charge is 0.0414 e. The monoisotopic (exact) mass is 226 g/mol. The van der Waals surface area contributed by atoms with E-state index in [2.05, 4.69) is 27.7 Å². The minimum Gasteiger partial charge on any atom is -0.0654 e. The fourth-order valence-corrected chi connectivity index (χ4v) is 2.46. The molecule has 0 heteroatoms. The lowest BCUT2D eigenvalue weighted by Gasteiger charge is -2.16. The van der Waals surface area contributed by atoms with E-state index in [-0.39, 0.29) is 0 Å². The molecule has 0 rings (SSSR count). The summed E-state index contributed by atoms with van der Waals surface area (Å²) in [5.74, 6) is 1.97. The summed E-state index contributed by atoms with van der Waals surface area (Å²) in [6, 6.07) is 0. The Morgan fingerprint density at radius 2 is 1.31 bits per heavy atom. The minimum atomic E-state index is 0.945. The fourth-order valence-electron chi connectivity index (χ4n) is 2.46. The van der Waals surface area contributed by atoms with Crippen LogP contribution in [0.25, 0.3) is 0 Å². The van der Waals surface area contributed by atoms with Crippen LogP contribution in [-0.4, -0.2) is 0 Å². The molecule has 0 saturated carbocycles. The molecule has 0 spiro atoms. The second-order valence-corrected chi connectivity index (χ2v) is 5.59. The largest absolute Gasteiger partial charge is 0.0654 e. The van der Waals surface area contributed by atoms with Crippen LogP contribution in [0, 0.1) is 11.8 Å². The molecule has 16 heavy (non-hydrogen) atoms. The first-order chi connectivity index (χ1) is 7.74. The Morgan fingerprint density at radius 3 is 1.88 bits per heavy atom. The van der Waals surface area contributed by atoms with Crippen molar-refractivity contribution in [3.63, 3.8) is 0 Å². The van der Waals surface area contributed by atoms with Crippen LogP contribution < -0.4 is 0 Å². The van der Waals surface area contributed by atoms with E-state index >= 15 is 0 Å². The Balaban J connectivity index is 3.50. The van der Waals surface area contributed by atoms with E-state index in [4.69, 9.17) is 0 Å². The highest BCUT2D eigenvalue weighted by Crippen LogP contribution is 2.22. The molecule has 0 aliphatic carbocycles. The van der Waals surface area contributed by atoms with Gasteiger partial charge in [-0.1, -0.05) is 91.9 Å². The summed E-state index contributed by atoms with van der Waals surface area (Å²) in [6.07, 6.45) is 14.3. The maximum atomic E-state index is 2.39.